The third-order valence-corrected chi connectivity index (χ3v) is 11.3. The van der Waals surface area contributed by atoms with Crippen molar-refractivity contribution in [2.45, 2.75) is 160 Å². The lowest BCUT2D eigenvalue weighted by atomic mass is 9.66. The summed E-state index contributed by atoms with van der Waals surface area (Å²) in [6.45, 7) is 5.09. The Kier molecular flexibility index (Phi) is 12.0. The van der Waals surface area contributed by atoms with Crippen molar-refractivity contribution in [3.05, 3.63) is 0 Å². The van der Waals surface area contributed by atoms with Gasteiger partial charge in [0.05, 0.1) is 6.10 Å². The summed E-state index contributed by atoms with van der Waals surface area (Å²) in [6, 6.07) is 0. The zero-order valence-electron chi connectivity index (χ0n) is 24.0. The molecule has 4 rings (SSSR count). The predicted octanol–water partition coefficient (Wildman–Crippen LogP) is 10.2. The first kappa shape index (κ1) is 29.7. The Morgan fingerprint density at radius 1 is 0.595 bits per heavy atom. The molecule has 0 aromatic carbocycles. The molecule has 4 aliphatic carbocycles. The Bertz CT molecular complexity index is 627. The molecule has 4 saturated carbocycles. The highest BCUT2D eigenvalue weighted by Gasteiger charge is 2.44. The van der Waals surface area contributed by atoms with E-state index in [1.165, 1.54) is 51.4 Å². The number of unbranched alkanes of at least 4 members (excludes halogenated alkanes) is 1. The summed E-state index contributed by atoms with van der Waals surface area (Å²) in [4.78, 5) is 0. The molecule has 4 aliphatic rings. The minimum atomic E-state index is -1.25. The van der Waals surface area contributed by atoms with E-state index in [2.05, 4.69) is 13.8 Å². The molecule has 4 heteroatoms. The van der Waals surface area contributed by atoms with E-state index in [1.807, 2.05) is 0 Å². The third-order valence-electron chi connectivity index (χ3n) is 11.3. The van der Waals surface area contributed by atoms with E-state index >= 15 is 8.78 Å². The maximum absolute atomic E-state index is 15.3. The van der Waals surface area contributed by atoms with Gasteiger partial charge in [0.15, 0.2) is 0 Å². The number of ether oxygens (including phenoxy) is 1. The highest BCUT2D eigenvalue weighted by molar-refractivity contribution is 4.93. The van der Waals surface area contributed by atoms with Crippen LogP contribution in [0.25, 0.3) is 0 Å². The number of hydrogen-bond donors (Lipinski definition) is 0. The Morgan fingerprint density at radius 2 is 1.24 bits per heavy atom. The summed E-state index contributed by atoms with van der Waals surface area (Å²) in [5.41, 5.74) is 0. The molecule has 37 heavy (non-hydrogen) atoms. The van der Waals surface area contributed by atoms with E-state index in [-0.39, 0.29) is 17.9 Å². The highest BCUT2D eigenvalue weighted by Crippen LogP contribution is 2.47. The number of halogens is 3. The number of alkyl halides is 3. The van der Waals surface area contributed by atoms with Crippen LogP contribution in [0, 0.1) is 41.4 Å². The van der Waals surface area contributed by atoms with Crippen LogP contribution < -0.4 is 0 Å². The molecule has 1 nitrogen and oxygen atoms in total. The predicted molar refractivity (Wildman–Crippen MR) is 148 cm³/mol. The lowest BCUT2D eigenvalue weighted by Crippen LogP contribution is -2.42. The summed E-state index contributed by atoms with van der Waals surface area (Å²) in [5, 5.41) is 0. The summed E-state index contributed by atoms with van der Waals surface area (Å²) in [6.07, 6.45) is 17.0. The van der Waals surface area contributed by atoms with Crippen molar-refractivity contribution in [1.29, 1.82) is 0 Å². The van der Waals surface area contributed by atoms with Gasteiger partial charge in [0.1, 0.15) is 18.5 Å². The molecular formula is C33H57F3O. The minimum Gasteiger partial charge on any atom is -0.375 e. The van der Waals surface area contributed by atoms with Gasteiger partial charge in [-0.25, -0.2) is 13.2 Å². The van der Waals surface area contributed by atoms with Crippen LogP contribution in [0.15, 0.2) is 0 Å². The van der Waals surface area contributed by atoms with Crippen LogP contribution in [0.1, 0.15) is 136 Å². The second-order valence-electron chi connectivity index (χ2n) is 13.7. The lowest BCUT2D eigenvalue weighted by Gasteiger charge is -2.42. The van der Waals surface area contributed by atoms with Gasteiger partial charge in [-0.05, 0) is 112 Å². The normalized spacial score (nSPS) is 43.5. The number of rotatable bonds is 11. The average Bonchev–Trinajstić information content (AvgIpc) is 2.92. The van der Waals surface area contributed by atoms with Gasteiger partial charge in [-0.15, -0.1) is 0 Å². The maximum Gasteiger partial charge on any atom is 0.134 e. The molecule has 4 fully saturated rings. The molecule has 0 aliphatic heterocycles. The Morgan fingerprint density at radius 3 is 1.89 bits per heavy atom. The third kappa shape index (κ3) is 8.14. The Hall–Kier alpha value is -0.250. The van der Waals surface area contributed by atoms with E-state index < -0.39 is 18.5 Å². The van der Waals surface area contributed by atoms with Crippen LogP contribution in [-0.4, -0.2) is 31.2 Å². The van der Waals surface area contributed by atoms with Crippen LogP contribution in [0.4, 0.5) is 13.2 Å². The van der Waals surface area contributed by atoms with Crippen molar-refractivity contribution in [2.24, 2.45) is 41.4 Å². The van der Waals surface area contributed by atoms with Crippen LogP contribution in [0.3, 0.4) is 0 Å². The molecule has 0 bridgehead atoms. The molecule has 0 radical (unpaired) electrons. The zero-order valence-corrected chi connectivity index (χ0v) is 24.0. The van der Waals surface area contributed by atoms with Crippen molar-refractivity contribution in [3.63, 3.8) is 0 Å². The van der Waals surface area contributed by atoms with Crippen molar-refractivity contribution in [3.8, 4) is 0 Å². The molecule has 0 heterocycles. The molecule has 0 saturated heterocycles. The van der Waals surface area contributed by atoms with Gasteiger partial charge in [-0.3, -0.25) is 0 Å². The quantitative estimate of drug-likeness (QED) is 0.243. The van der Waals surface area contributed by atoms with E-state index in [0.29, 0.717) is 36.7 Å². The van der Waals surface area contributed by atoms with Crippen LogP contribution in [-0.2, 0) is 4.74 Å². The van der Waals surface area contributed by atoms with Gasteiger partial charge >= 0.3 is 0 Å². The Balaban J connectivity index is 1.13. The smallest absolute Gasteiger partial charge is 0.134 e. The van der Waals surface area contributed by atoms with Crippen LogP contribution >= 0.6 is 0 Å². The highest BCUT2D eigenvalue weighted by atomic mass is 19.2. The monoisotopic (exact) mass is 526 g/mol. The topological polar surface area (TPSA) is 9.23 Å². The van der Waals surface area contributed by atoms with Crippen molar-refractivity contribution in [2.75, 3.05) is 6.61 Å². The van der Waals surface area contributed by atoms with Crippen molar-refractivity contribution >= 4 is 0 Å². The zero-order chi connectivity index (χ0) is 26.2. The molecule has 216 valence electrons. The summed E-state index contributed by atoms with van der Waals surface area (Å²) in [7, 11) is 0. The maximum atomic E-state index is 15.3. The van der Waals surface area contributed by atoms with E-state index in [9.17, 15) is 4.39 Å². The largest absolute Gasteiger partial charge is 0.375 e. The molecule has 7 unspecified atom stereocenters. The molecule has 0 aromatic rings. The lowest BCUT2D eigenvalue weighted by molar-refractivity contribution is -0.0469. The fourth-order valence-corrected chi connectivity index (χ4v) is 8.84. The molecule has 7 atom stereocenters. The SMILES string of the molecule is CCCCOC1CCC(C2CCC(CCC3CCC(C4CCC(CCC)CC4)C(F)C3F)CC2)CC1F. The van der Waals surface area contributed by atoms with Crippen LogP contribution in [0.5, 0.6) is 0 Å². The fourth-order valence-electron chi connectivity index (χ4n) is 8.84. The molecule has 0 N–H and O–H groups in total. The van der Waals surface area contributed by atoms with Crippen molar-refractivity contribution < 1.29 is 17.9 Å². The van der Waals surface area contributed by atoms with E-state index in [1.54, 1.807) is 0 Å². The van der Waals surface area contributed by atoms with Crippen molar-refractivity contribution in [1.82, 2.24) is 0 Å². The Labute approximate surface area is 226 Å². The van der Waals surface area contributed by atoms with Gasteiger partial charge in [0.2, 0.25) is 0 Å². The first-order valence-electron chi connectivity index (χ1n) is 16.5. The molecular weight excluding hydrogens is 469 g/mol. The standard InChI is InChI=1S/C33H57F3O/c1-3-5-21-37-31-20-18-28(22-30(31)34)25-12-7-24(8-13-25)11-16-27-17-19-29(33(36)32(27)35)26-14-9-23(6-4-2)10-15-26/h23-33H,3-22H2,1-2H3. The number of hydrogen-bond acceptors (Lipinski definition) is 1. The molecule has 0 spiro atoms. The molecule has 0 amide bonds. The van der Waals surface area contributed by atoms with Gasteiger partial charge in [-0.1, -0.05) is 65.2 Å². The first-order chi connectivity index (χ1) is 18.0. The second-order valence-corrected chi connectivity index (χ2v) is 13.7. The minimum absolute atomic E-state index is 0.0317. The van der Waals surface area contributed by atoms with Gasteiger partial charge in [0.25, 0.3) is 0 Å². The molecule has 0 aromatic heterocycles. The van der Waals surface area contributed by atoms with Gasteiger partial charge in [-0.2, -0.15) is 0 Å². The van der Waals surface area contributed by atoms with E-state index in [4.69, 9.17) is 4.74 Å². The van der Waals surface area contributed by atoms with Crippen LogP contribution in [0.2, 0.25) is 0 Å². The second kappa shape index (κ2) is 14.9. The van der Waals surface area contributed by atoms with E-state index in [0.717, 1.165) is 70.1 Å². The first-order valence-corrected chi connectivity index (χ1v) is 16.5. The summed E-state index contributed by atoms with van der Waals surface area (Å²) < 4.78 is 51.1. The fraction of sp³-hybridized carbons (Fsp3) is 1.00. The van der Waals surface area contributed by atoms with Gasteiger partial charge < -0.3 is 4.74 Å². The summed E-state index contributed by atoms with van der Waals surface area (Å²) in [5.74, 6) is 2.95. The average molecular weight is 527 g/mol. The van der Waals surface area contributed by atoms with Gasteiger partial charge in [0, 0.05) is 6.61 Å². The summed E-state index contributed by atoms with van der Waals surface area (Å²) >= 11 is 0.